The smallest absolute Gasteiger partial charge is 0.332 e. The van der Waals surface area contributed by atoms with Crippen LogP contribution in [0.3, 0.4) is 0 Å². The monoisotopic (exact) mass is 241 g/mol. The van der Waals surface area contributed by atoms with E-state index >= 15 is 0 Å². The highest BCUT2D eigenvalue weighted by Gasteiger charge is 2.18. The van der Waals surface area contributed by atoms with Gasteiger partial charge in [0.1, 0.15) is 6.61 Å². The number of rotatable bonds is 5. The summed E-state index contributed by atoms with van der Waals surface area (Å²) < 4.78 is 10.8. The topological polar surface area (TPSA) is 47.6 Å². The van der Waals surface area contributed by atoms with Crippen molar-refractivity contribution >= 4 is 5.97 Å². The molecule has 0 atom stereocenters. The Morgan fingerprint density at radius 2 is 1.82 bits per heavy atom. The lowest BCUT2D eigenvalue weighted by atomic mass is 10.1. The second kappa shape index (κ2) is 6.97. The van der Waals surface area contributed by atoms with Gasteiger partial charge >= 0.3 is 5.97 Å². The molecule has 1 saturated carbocycles. The molecule has 17 heavy (non-hydrogen) atoms. The third-order valence-corrected chi connectivity index (χ3v) is 3.68. The van der Waals surface area contributed by atoms with Gasteiger partial charge in [-0.15, -0.1) is 0 Å². The molecule has 1 aliphatic heterocycles. The van der Waals surface area contributed by atoms with E-state index in [1.807, 2.05) is 0 Å². The van der Waals surface area contributed by atoms with Crippen LogP contribution in [-0.2, 0) is 14.3 Å². The molecule has 1 heterocycles. The molecule has 0 bridgehead atoms. The van der Waals surface area contributed by atoms with Gasteiger partial charge in [0.15, 0.2) is 0 Å². The summed E-state index contributed by atoms with van der Waals surface area (Å²) in [6.07, 6.45) is 7.22. The third kappa shape index (κ3) is 4.64. The number of ether oxygens (including phenoxy) is 2. The maximum Gasteiger partial charge on any atom is 0.332 e. The van der Waals surface area contributed by atoms with E-state index in [4.69, 9.17) is 9.47 Å². The highest BCUT2D eigenvalue weighted by Crippen LogP contribution is 2.24. The van der Waals surface area contributed by atoms with Gasteiger partial charge in [-0.1, -0.05) is 12.8 Å². The van der Waals surface area contributed by atoms with E-state index < -0.39 is 0 Å². The molecule has 4 heteroatoms. The third-order valence-electron chi connectivity index (χ3n) is 3.68. The summed E-state index contributed by atoms with van der Waals surface area (Å²) in [5.41, 5.74) is 0. The SMILES string of the molecule is O=C(COC1CCNCC1)OCC1CCCC1. The number of carbonyl (C=O) groups is 1. The van der Waals surface area contributed by atoms with E-state index in [-0.39, 0.29) is 18.7 Å². The molecule has 0 unspecified atom stereocenters. The Labute approximate surface area is 103 Å². The first-order valence-corrected chi connectivity index (χ1v) is 6.82. The Morgan fingerprint density at radius 3 is 2.53 bits per heavy atom. The lowest BCUT2D eigenvalue weighted by Gasteiger charge is -2.22. The second-order valence-corrected chi connectivity index (χ2v) is 5.09. The van der Waals surface area contributed by atoms with E-state index in [2.05, 4.69) is 5.32 Å². The summed E-state index contributed by atoms with van der Waals surface area (Å²) >= 11 is 0. The van der Waals surface area contributed by atoms with E-state index in [1.165, 1.54) is 25.7 Å². The fourth-order valence-corrected chi connectivity index (χ4v) is 2.58. The average molecular weight is 241 g/mol. The Hall–Kier alpha value is -0.610. The molecular formula is C13H23NO3. The molecule has 0 aromatic rings. The number of hydrogen-bond donors (Lipinski definition) is 1. The van der Waals surface area contributed by atoms with Crippen molar-refractivity contribution in [1.29, 1.82) is 0 Å². The predicted octanol–water partition coefficient (Wildman–Crippen LogP) is 1.49. The minimum atomic E-state index is -0.199. The van der Waals surface area contributed by atoms with Crippen LogP contribution in [0.1, 0.15) is 38.5 Å². The van der Waals surface area contributed by atoms with Crippen molar-refractivity contribution in [2.75, 3.05) is 26.3 Å². The molecule has 4 nitrogen and oxygen atoms in total. The van der Waals surface area contributed by atoms with Crippen LogP contribution in [0.5, 0.6) is 0 Å². The molecule has 1 saturated heterocycles. The highest BCUT2D eigenvalue weighted by atomic mass is 16.6. The number of nitrogens with one attached hydrogen (secondary N) is 1. The van der Waals surface area contributed by atoms with Crippen LogP contribution in [0.25, 0.3) is 0 Å². The molecule has 0 amide bonds. The summed E-state index contributed by atoms with van der Waals surface area (Å²) in [5, 5.41) is 3.27. The van der Waals surface area contributed by atoms with Crippen molar-refractivity contribution in [2.24, 2.45) is 5.92 Å². The van der Waals surface area contributed by atoms with Crippen molar-refractivity contribution < 1.29 is 14.3 Å². The van der Waals surface area contributed by atoms with E-state index in [0.717, 1.165) is 25.9 Å². The van der Waals surface area contributed by atoms with Crippen LogP contribution < -0.4 is 5.32 Å². The molecule has 0 radical (unpaired) electrons. The van der Waals surface area contributed by atoms with Crippen molar-refractivity contribution in [3.63, 3.8) is 0 Å². The van der Waals surface area contributed by atoms with Gasteiger partial charge < -0.3 is 14.8 Å². The largest absolute Gasteiger partial charge is 0.464 e. The molecule has 2 rings (SSSR count). The average Bonchev–Trinajstić information content (AvgIpc) is 2.88. The number of hydrogen-bond acceptors (Lipinski definition) is 4. The van der Waals surface area contributed by atoms with Crippen LogP contribution in [0.15, 0.2) is 0 Å². The molecular weight excluding hydrogens is 218 g/mol. The van der Waals surface area contributed by atoms with Gasteiger partial charge in [-0.3, -0.25) is 0 Å². The minimum absolute atomic E-state index is 0.122. The maximum atomic E-state index is 11.5. The fourth-order valence-electron chi connectivity index (χ4n) is 2.58. The molecule has 0 aromatic carbocycles. The molecule has 0 aromatic heterocycles. The zero-order chi connectivity index (χ0) is 11.9. The van der Waals surface area contributed by atoms with Crippen molar-refractivity contribution in [2.45, 2.75) is 44.6 Å². The van der Waals surface area contributed by atoms with Crippen LogP contribution in [-0.4, -0.2) is 38.4 Å². The van der Waals surface area contributed by atoms with Crippen molar-refractivity contribution in [1.82, 2.24) is 5.32 Å². The lowest BCUT2D eigenvalue weighted by Crippen LogP contribution is -2.33. The number of esters is 1. The number of piperidine rings is 1. The van der Waals surface area contributed by atoms with Crippen LogP contribution in [0, 0.1) is 5.92 Å². The van der Waals surface area contributed by atoms with E-state index in [0.29, 0.717) is 12.5 Å². The summed E-state index contributed by atoms with van der Waals surface area (Å²) in [6, 6.07) is 0. The summed E-state index contributed by atoms with van der Waals surface area (Å²) in [7, 11) is 0. The standard InChI is InChI=1S/C13H23NO3/c15-13(17-9-11-3-1-2-4-11)10-16-12-5-7-14-8-6-12/h11-12,14H,1-10H2. The zero-order valence-electron chi connectivity index (χ0n) is 10.5. The molecule has 1 N–H and O–H groups in total. The van der Waals surface area contributed by atoms with Crippen LogP contribution >= 0.6 is 0 Å². The van der Waals surface area contributed by atoms with Gasteiger partial charge in [0.25, 0.3) is 0 Å². The van der Waals surface area contributed by atoms with Gasteiger partial charge in [-0.05, 0) is 44.7 Å². The van der Waals surface area contributed by atoms with Crippen LogP contribution in [0.2, 0.25) is 0 Å². The first-order valence-electron chi connectivity index (χ1n) is 6.82. The van der Waals surface area contributed by atoms with Crippen molar-refractivity contribution in [3.8, 4) is 0 Å². The Kier molecular flexibility index (Phi) is 5.26. The first-order chi connectivity index (χ1) is 8.34. The second-order valence-electron chi connectivity index (χ2n) is 5.09. The highest BCUT2D eigenvalue weighted by molar-refractivity contribution is 5.70. The summed E-state index contributed by atoms with van der Waals surface area (Å²) in [6.45, 7) is 2.69. The summed E-state index contributed by atoms with van der Waals surface area (Å²) in [5.74, 6) is 0.397. The van der Waals surface area contributed by atoms with Gasteiger partial charge in [-0.25, -0.2) is 4.79 Å². The number of carbonyl (C=O) groups excluding carboxylic acids is 1. The van der Waals surface area contributed by atoms with E-state index in [1.54, 1.807) is 0 Å². The first kappa shape index (κ1) is 12.8. The van der Waals surface area contributed by atoms with Gasteiger partial charge in [0, 0.05) is 0 Å². The molecule has 2 aliphatic rings. The Morgan fingerprint density at radius 1 is 1.12 bits per heavy atom. The zero-order valence-corrected chi connectivity index (χ0v) is 10.5. The Bertz CT molecular complexity index is 233. The molecule has 1 aliphatic carbocycles. The predicted molar refractivity (Wildman–Crippen MR) is 64.8 cm³/mol. The normalized spacial score (nSPS) is 22.8. The van der Waals surface area contributed by atoms with E-state index in [9.17, 15) is 4.79 Å². The molecule has 98 valence electrons. The quantitative estimate of drug-likeness (QED) is 0.741. The van der Waals surface area contributed by atoms with Crippen LogP contribution in [0.4, 0.5) is 0 Å². The summed E-state index contributed by atoms with van der Waals surface area (Å²) in [4.78, 5) is 11.5. The Balaban J connectivity index is 1.53. The fraction of sp³-hybridized carbons (Fsp3) is 0.923. The molecule has 2 fully saturated rings. The van der Waals surface area contributed by atoms with Gasteiger partial charge in [-0.2, -0.15) is 0 Å². The molecule has 0 spiro atoms. The van der Waals surface area contributed by atoms with Crippen molar-refractivity contribution in [3.05, 3.63) is 0 Å². The van der Waals surface area contributed by atoms with Gasteiger partial charge in [0.2, 0.25) is 0 Å². The lowest BCUT2D eigenvalue weighted by molar-refractivity contribution is -0.152. The minimum Gasteiger partial charge on any atom is -0.464 e. The maximum absolute atomic E-state index is 11.5. The van der Waals surface area contributed by atoms with Gasteiger partial charge in [0.05, 0.1) is 12.7 Å².